The smallest absolute Gasteiger partial charge is 0.241 e. The normalized spacial score (nSPS) is 23.0. The van der Waals surface area contributed by atoms with Gasteiger partial charge >= 0.3 is 0 Å². The maximum atomic E-state index is 12.8. The summed E-state index contributed by atoms with van der Waals surface area (Å²) in [4.78, 5) is 15.0. The molecule has 1 amide bonds. The van der Waals surface area contributed by atoms with E-state index in [0.717, 1.165) is 44.5 Å². The van der Waals surface area contributed by atoms with Gasteiger partial charge in [0, 0.05) is 24.3 Å². The first-order valence-electron chi connectivity index (χ1n) is 9.20. The number of nitrogens with one attached hydrogen (secondary N) is 1. The second kappa shape index (κ2) is 8.13. The third-order valence-electron chi connectivity index (χ3n) is 5.37. The molecule has 1 aromatic carbocycles. The van der Waals surface area contributed by atoms with Gasteiger partial charge in [0.15, 0.2) is 0 Å². The molecule has 1 saturated heterocycles. The molecule has 1 aromatic rings. The molecule has 1 aliphatic heterocycles. The zero-order valence-corrected chi connectivity index (χ0v) is 15.6. The van der Waals surface area contributed by atoms with Crippen molar-refractivity contribution in [3.05, 3.63) is 29.3 Å². The number of hydrogen-bond donors (Lipinski definition) is 2. The van der Waals surface area contributed by atoms with Gasteiger partial charge in [0.1, 0.15) is 0 Å². The minimum Gasteiger partial charge on any atom is -0.396 e. The maximum Gasteiger partial charge on any atom is 0.241 e. The molecule has 1 aliphatic rings. The van der Waals surface area contributed by atoms with Gasteiger partial charge in [-0.05, 0) is 50.3 Å². The Labute approximate surface area is 146 Å². The van der Waals surface area contributed by atoms with Gasteiger partial charge in [0.2, 0.25) is 5.91 Å². The zero-order valence-electron chi connectivity index (χ0n) is 15.6. The fourth-order valence-electron chi connectivity index (χ4n) is 3.61. The minimum atomic E-state index is -0.189. The number of aryl methyl sites for hydroxylation is 2. The van der Waals surface area contributed by atoms with Crippen LogP contribution in [-0.2, 0) is 17.6 Å². The summed E-state index contributed by atoms with van der Waals surface area (Å²) in [6.45, 7) is 10.2. The lowest BCUT2D eigenvalue weighted by Crippen LogP contribution is -2.51. The first-order valence-corrected chi connectivity index (χ1v) is 9.20. The Morgan fingerprint density at radius 2 is 1.96 bits per heavy atom. The van der Waals surface area contributed by atoms with Crippen molar-refractivity contribution in [2.45, 2.75) is 59.4 Å². The number of para-hydroxylation sites is 1. The average Bonchev–Trinajstić information content (AvgIpc) is 2.61. The number of amides is 1. The molecule has 1 fully saturated rings. The summed E-state index contributed by atoms with van der Waals surface area (Å²) in [5.41, 5.74) is 3.27. The number of piperidine rings is 1. The molecule has 0 aliphatic carbocycles. The van der Waals surface area contributed by atoms with Crippen molar-refractivity contribution in [2.24, 2.45) is 5.41 Å². The predicted octanol–water partition coefficient (Wildman–Crippen LogP) is 3.23. The summed E-state index contributed by atoms with van der Waals surface area (Å²) in [6, 6.07) is 6.05. The summed E-state index contributed by atoms with van der Waals surface area (Å²) < 4.78 is 0. The van der Waals surface area contributed by atoms with E-state index in [0.29, 0.717) is 0 Å². The molecule has 2 atom stereocenters. The Balaban J connectivity index is 2.12. The Bertz CT molecular complexity index is 551. The van der Waals surface area contributed by atoms with Gasteiger partial charge in [-0.15, -0.1) is 0 Å². The molecule has 0 radical (unpaired) electrons. The van der Waals surface area contributed by atoms with Crippen molar-refractivity contribution in [3.63, 3.8) is 0 Å². The highest BCUT2D eigenvalue weighted by molar-refractivity contribution is 5.96. The van der Waals surface area contributed by atoms with Crippen molar-refractivity contribution in [2.75, 3.05) is 25.0 Å². The van der Waals surface area contributed by atoms with Crippen LogP contribution in [0.25, 0.3) is 0 Å². The predicted molar refractivity (Wildman–Crippen MR) is 99.3 cm³/mol. The topological polar surface area (TPSA) is 52.6 Å². The van der Waals surface area contributed by atoms with Crippen molar-refractivity contribution in [1.29, 1.82) is 0 Å². The number of rotatable bonds is 6. The van der Waals surface area contributed by atoms with Crippen molar-refractivity contribution < 1.29 is 9.90 Å². The van der Waals surface area contributed by atoms with Crippen LogP contribution < -0.4 is 5.32 Å². The number of carbonyl (C=O) groups excluding carboxylic acids is 1. The van der Waals surface area contributed by atoms with E-state index in [4.69, 9.17) is 0 Å². The van der Waals surface area contributed by atoms with Gasteiger partial charge in [-0.3, -0.25) is 9.69 Å². The molecule has 0 bridgehead atoms. The van der Waals surface area contributed by atoms with E-state index in [-0.39, 0.29) is 24.0 Å². The van der Waals surface area contributed by atoms with Crippen LogP contribution in [0.2, 0.25) is 0 Å². The van der Waals surface area contributed by atoms with Crippen LogP contribution in [-0.4, -0.2) is 41.7 Å². The van der Waals surface area contributed by atoms with Crippen LogP contribution in [0.4, 0.5) is 5.69 Å². The highest BCUT2D eigenvalue weighted by Gasteiger charge is 2.34. The molecule has 0 spiro atoms. The van der Waals surface area contributed by atoms with Gasteiger partial charge in [-0.2, -0.15) is 0 Å². The highest BCUT2D eigenvalue weighted by Crippen LogP contribution is 2.30. The number of anilines is 1. The molecular formula is C20H32N2O2. The second-order valence-electron chi connectivity index (χ2n) is 7.37. The van der Waals surface area contributed by atoms with Gasteiger partial charge in [0.25, 0.3) is 0 Å². The molecular weight excluding hydrogens is 300 g/mol. The van der Waals surface area contributed by atoms with E-state index in [1.807, 2.05) is 6.92 Å². The van der Waals surface area contributed by atoms with E-state index in [1.165, 1.54) is 11.1 Å². The van der Waals surface area contributed by atoms with Gasteiger partial charge in [0.05, 0.1) is 6.04 Å². The number of aliphatic hydroxyl groups excluding tert-OH is 1. The summed E-state index contributed by atoms with van der Waals surface area (Å²) in [5.74, 6) is 0.0489. The van der Waals surface area contributed by atoms with E-state index in [9.17, 15) is 9.90 Å². The van der Waals surface area contributed by atoms with E-state index >= 15 is 0 Å². The standard InChI is InChI=1S/C20H32N2O2/c1-5-16-9-7-10-17(6-2)18(16)21-19(24)15(3)22-12-8-11-20(4,13-22)14-23/h7,9-10,15,23H,5-6,8,11-14H2,1-4H3,(H,21,24). The third-order valence-corrected chi connectivity index (χ3v) is 5.37. The fourth-order valence-corrected chi connectivity index (χ4v) is 3.61. The Kier molecular flexibility index (Phi) is 6.41. The maximum absolute atomic E-state index is 12.8. The third kappa shape index (κ3) is 4.17. The fraction of sp³-hybridized carbons (Fsp3) is 0.650. The quantitative estimate of drug-likeness (QED) is 0.841. The van der Waals surface area contributed by atoms with E-state index in [2.05, 4.69) is 49.2 Å². The number of carbonyl (C=O) groups is 1. The monoisotopic (exact) mass is 332 g/mol. The average molecular weight is 332 g/mol. The second-order valence-corrected chi connectivity index (χ2v) is 7.37. The number of likely N-dealkylation sites (tertiary alicyclic amines) is 1. The molecule has 0 saturated carbocycles. The molecule has 0 aromatic heterocycles. The van der Waals surface area contributed by atoms with Crippen molar-refractivity contribution >= 4 is 11.6 Å². The molecule has 4 nitrogen and oxygen atoms in total. The van der Waals surface area contributed by atoms with Crippen LogP contribution in [0.3, 0.4) is 0 Å². The van der Waals surface area contributed by atoms with Gasteiger partial charge < -0.3 is 10.4 Å². The molecule has 24 heavy (non-hydrogen) atoms. The lowest BCUT2D eigenvalue weighted by atomic mass is 9.82. The Morgan fingerprint density at radius 3 is 2.50 bits per heavy atom. The molecule has 134 valence electrons. The Morgan fingerprint density at radius 1 is 1.33 bits per heavy atom. The highest BCUT2D eigenvalue weighted by atomic mass is 16.3. The lowest BCUT2D eigenvalue weighted by Gasteiger charge is -2.41. The van der Waals surface area contributed by atoms with E-state index in [1.54, 1.807) is 0 Å². The zero-order chi connectivity index (χ0) is 17.7. The van der Waals surface area contributed by atoms with Crippen molar-refractivity contribution in [1.82, 2.24) is 4.90 Å². The molecule has 2 rings (SSSR count). The van der Waals surface area contributed by atoms with Gasteiger partial charge in [-0.25, -0.2) is 0 Å². The van der Waals surface area contributed by atoms with Crippen molar-refractivity contribution in [3.8, 4) is 0 Å². The van der Waals surface area contributed by atoms with Crippen LogP contribution in [0.1, 0.15) is 51.7 Å². The first kappa shape index (κ1) is 18.9. The van der Waals surface area contributed by atoms with Crippen LogP contribution in [0.15, 0.2) is 18.2 Å². The summed E-state index contributed by atoms with van der Waals surface area (Å²) >= 11 is 0. The molecule has 2 N–H and O–H groups in total. The largest absolute Gasteiger partial charge is 0.396 e. The van der Waals surface area contributed by atoms with E-state index < -0.39 is 0 Å². The van der Waals surface area contributed by atoms with Crippen LogP contribution >= 0.6 is 0 Å². The molecule has 4 heteroatoms. The number of nitrogens with zero attached hydrogens (tertiary/aromatic N) is 1. The number of benzene rings is 1. The summed E-state index contributed by atoms with van der Waals surface area (Å²) in [5, 5.41) is 12.8. The summed E-state index contributed by atoms with van der Waals surface area (Å²) in [7, 11) is 0. The Hall–Kier alpha value is -1.39. The number of aliphatic hydroxyl groups is 1. The van der Waals surface area contributed by atoms with Crippen LogP contribution in [0, 0.1) is 5.41 Å². The molecule has 1 heterocycles. The van der Waals surface area contributed by atoms with Crippen LogP contribution in [0.5, 0.6) is 0 Å². The first-order chi connectivity index (χ1) is 11.4. The number of hydrogen-bond acceptors (Lipinski definition) is 3. The molecule has 2 unspecified atom stereocenters. The van der Waals surface area contributed by atoms with Gasteiger partial charge in [-0.1, -0.05) is 39.0 Å². The minimum absolute atomic E-state index is 0.0489. The summed E-state index contributed by atoms with van der Waals surface area (Å²) in [6.07, 6.45) is 3.86. The lowest BCUT2D eigenvalue weighted by molar-refractivity contribution is -0.122. The SMILES string of the molecule is CCc1cccc(CC)c1NC(=O)C(C)N1CCCC(C)(CO)C1.